The van der Waals surface area contributed by atoms with Crippen LogP contribution in [0.2, 0.25) is 0 Å². The fraction of sp³-hybridized carbons (Fsp3) is 0.615. The zero-order valence-electron chi connectivity index (χ0n) is 58.8. The average molecular weight is 1190 g/mol. The highest BCUT2D eigenvalue weighted by Gasteiger charge is 2.03. The summed E-state index contributed by atoms with van der Waals surface area (Å²) in [5.74, 6) is 6.46. The van der Waals surface area contributed by atoms with Crippen molar-refractivity contribution in [2.75, 3.05) is 0 Å². The van der Waals surface area contributed by atoms with Gasteiger partial charge in [-0.1, -0.05) is 237 Å². The van der Waals surface area contributed by atoms with Crippen LogP contribution in [0.4, 0.5) is 0 Å². The number of rotatable bonds is 8. The molecule has 0 atom stereocenters. The second-order valence-electron chi connectivity index (χ2n) is 17.1. The molecule has 0 radical (unpaired) electrons. The molecule has 0 unspecified atom stereocenters. The van der Waals surface area contributed by atoms with E-state index in [4.69, 9.17) is 4.52 Å². The minimum atomic E-state index is 0.374. The monoisotopic (exact) mass is 1190 g/mol. The summed E-state index contributed by atoms with van der Waals surface area (Å²) in [6.45, 7) is 65.4. The summed E-state index contributed by atoms with van der Waals surface area (Å²) >= 11 is 1.58. The van der Waals surface area contributed by atoms with Crippen LogP contribution in [0.1, 0.15) is 314 Å². The molecule has 8 aromatic rings. The molecule has 0 amide bonds. The van der Waals surface area contributed by atoms with Crippen molar-refractivity contribution in [3.8, 4) is 0 Å². The Morgan fingerprint density at radius 2 is 0.905 bits per heavy atom. The highest BCUT2D eigenvalue weighted by molar-refractivity contribution is 7.05. The van der Waals surface area contributed by atoms with Gasteiger partial charge in [-0.2, -0.15) is 10.2 Å². The Bertz CT molecular complexity index is 1930. The van der Waals surface area contributed by atoms with E-state index in [1.807, 2.05) is 155 Å². The fourth-order valence-electron chi connectivity index (χ4n) is 4.29. The zero-order valence-corrected chi connectivity index (χ0v) is 59.6. The molecule has 0 spiro atoms. The van der Waals surface area contributed by atoms with Gasteiger partial charge in [0.2, 0.25) is 0 Å². The van der Waals surface area contributed by atoms with Crippen molar-refractivity contribution in [3.63, 3.8) is 0 Å². The van der Waals surface area contributed by atoms with E-state index >= 15 is 0 Å². The Labute approximate surface area is 517 Å². The third kappa shape index (κ3) is 57.2. The van der Waals surface area contributed by atoms with E-state index in [2.05, 4.69) is 187 Å². The van der Waals surface area contributed by atoms with Gasteiger partial charge in [-0.15, -0.1) is 10.2 Å². The van der Waals surface area contributed by atoms with Crippen molar-refractivity contribution in [2.24, 2.45) is 0 Å². The first kappa shape index (κ1) is 93.8. The van der Waals surface area contributed by atoms with Gasteiger partial charge in [0.15, 0.2) is 5.82 Å². The lowest BCUT2D eigenvalue weighted by Crippen LogP contribution is -1.96. The van der Waals surface area contributed by atoms with Gasteiger partial charge in [0.1, 0.15) is 49.4 Å². The van der Waals surface area contributed by atoms with Crippen LogP contribution >= 0.6 is 11.5 Å². The van der Waals surface area contributed by atoms with Gasteiger partial charge in [0.05, 0.1) is 36.2 Å². The van der Waals surface area contributed by atoms with E-state index in [9.17, 15) is 0 Å². The third-order valence-corrected chi connectivity index (χ3v) is 9.67. The van der Waals surface area contributed by atoms with Crippen molar-refractivity contribution in [1.82, 2.24) is 75.1 Å². The Balaban J connectivity index is -0.000000126. The van der Waals surface area contributed by atoms with Gasteiger partial charge in [0, 0.05) is 65.1 Å². The number of nitrogens with zero attached hydrogens (tertiary/aromatic N) is 15. The zero-order chi connectivity index (χ0) is 66.7. The maximum Gasteiger partial charge on any atom is 0.153 e. The Kier molecular flexibility index (Phi) is 80.9. The highest BCUT2D eigenvalue weighted by Crippen LogP contribution is 2.17. The van der Waals surface area contributed by atoms with E-state index in [1.165, 1.54) is 29.4 Å². The Hall–Kier alpha value is -6.63. The molecule has 0 fully saturated rings. The van der Waals surface area contributed by atoms with E-state index < -0.39 is 0 Å². The second kappa shape index (κ2) is 72.5. The Morgan fingerprint density at radius 3 is 1.14 bits per heavy atom. The summed E-state index contributed by atoms with van der Waals surface area (Å²) in [6, 6.07) is 5.82. The van der Waals surface area contributed by atoms with Gasteiger partial charge in [-0.25, -0.2) is 39.3 Å². The predicted molar refractivity (Wildman–Crippen MR) is 357 cm³/mol. The summed E-state index contributed by atoms with van der Waals surface area (Å²) in [4.78, 5) is 28.8. The number of hydrogen-bond donors (Lipinski definition) is 0. The van der Waals surface area contributed by atoms with Crippen molar-refractivity contribution in [2.45, 2.75) is 269 Å². The van der Waals surface area contributed by atoms with Crippen LogP contribution in [-0.4, -0.2) is 75.1 Å². The summed E-state index contributed by atoms with van der Waals surface area (Å²) in [7, 11) is 0. The summed E-state index contributed by atoms with van der Waals surface area (Å²) < 4.78 is 18.1. The first-order valence-electron chi connectivity index (χ1n) is 30.7. The van der Waals surface area contributed by atoms with Gasteiger partial charge >= 0.3 is 0 Å². The molecule has 0 saturated carbocycles. The van der Waals surface area contributed by atoms with E-state index in [0.717, 1.165) is 34.4 Å². The molecule has 18 nitrogen and oxygen atoms in total. The quantitative estimate of drug-likeness (QED) is 0.138. The average Bonchev–Trinajstić information content (AvgIpc) is 4.45. The summed E-state index contributed by atoms with van der Waals surface area (Å²) in [6.07, 6.45) is 23.2. The van der Waals surface area contributed by atoms with Crippen LogP contribution in [0.15, 0.2) is 119 Å². The molecular weight excluding hydrogens is 1070 g/mol. The number of aromatic nitrogens is 15. The highest BCUT2D eigenvalue weighted by atomic mass is 32.1. The van der Waals surface area contributed by atoms with Crippen LogP contribution < -0.4 is 0 Å². The lowest BCUT2D eigenvalue weighted by Gasteiger charge is -1.99. The molecule has 84 heavy (non-hydrogen) atoms. The van der Waals surface area contributed by atoms with E-state index in [0.29, 0.717) is 47.3 Å². The SMILES string of the molecule is CC.CC.CC.CC.CC.CC.CC.CC.CC(C)c1ccno1.CC(C)c1ccns1.CC(C)c1ccon1.CC(C)c1cncnc1.CC(C)c1cnncn1.CC(C)c1cnoc1.CC(C)c1nccnn1.CC(C)c1ncncn1. The predicted octanol–water partition coefficient (Wildman–Crippen LogP) is 20.5. The van der Waals surface area contributed by atoms with Gasteiger partial charge in [-0.05, 0) is 52.8 Å². The molecule has 0 bridgehead atoms. The van der Waals surface area contributed by atoms with Crippen LogP contribution in [0.3, 0.4) is 0 Å². The summed E-state index contributed by atoms with van der Waals surface area (Å²) in [5, 5.41) is 25.6. The lowest BCUT2D eigenvalue weighted by atomic mass is 10.1. The third-order valence-electron chi connectivity index (χ3n) is 8.62. The van der Waals surface area contributed by atoms with Crippen LogP contribution in [0.5, 0.6) is 0 Å². The van der Waals surface area contributed by atoms with Gasteiger partial charge in [0.25, 0.3) is 0 Å². The van der Waals surface area contributed by atoms with Crippen molar-refractivity contribution >= 4 is 11.5 Å². The molecule has 0 aromatic carbocycles. The maximum atomic E-state index is 4.84. The molecule has 0 aliphatic rings. The first-order valence-corrected chi connectivity index (χ1v) is 31.4. The van der Waals surface area contributed by atoms with Crippen LogP contribution in [0.25, 0.3) is 0 Å². The molecule has 0 N–H and O–H groups in total. The molecule has 480 valence electrons. The molecule has 8 heterocycles. The van der Waals surface area contributed by atoms with Gasteiger partial charge in [-0.3, -0.25) is 0 Å². The minimum absolute atomic E-state index is 0.374. The van der Waals surface area contributed by atoms with Crippen LogP contribution in [0, 0.1) is 0 Å². The van der Waals surface area contributed by atoms with Crippen molar-refractivity contribution in [1.29, 1.82) is 0 Å². The molecule has 8 rings (SSSR count). The second-order valence-corrected chi connectivity index (χ2v) is 18.0. The van der Waals surface area contributed by atoms with E-state index in [-0.39, 0.29) is 0 Å². The Morgan fingerprint density at radius 1 is 0.369 bits per heavy atom. The largest absolute Gasteiger partial charge is 0.365 e. The first-order chi connectivity index (χ1) is 40.4. The maximum absolute atomic E-state index is 4.84. The number of hydrogen-bond acceptors (Lipinski definition) is 19. The molecule has 19 heteroatoms. The fourth-order valence-corrected chi connectivity index (χ4v) is 4.86. The lowest BCUT2D eigenvalue weighted by molar-refractivity contribution is 0.371. The normalized spacial score (nSPS) is 8.86. The molecule has 0 saturated heterocycles. The summed E-state index contributed by atoms with van der Waals surface area (Å²) in [5.41, 5.74) is 4.36. The van der Waals surface area contributed by atoms with E-state index in [1.54, 1.807) is 61.4 Å². The molecule has 8 aromatic heterocycles. The molecule has 0 aliphatic carbocycles. The minimum Gasteiger partial charge on any atom is -0.365 e. The topological polar surface area (TPSA) is 233 Å². The van der Waals surface area contributed by atoms with Gasteiger partial charge < -0.3 is 13.6 Å². The van der Waals surface area contributed by atoms with Crippen molar-refractivity contribution in [3.05, 3.63) is 150 Å². The van der Waals surface area contributed by atoms with Crippen LogP contribution in [-0.2, 0) is 0 Å². The molecular formula is C65H121N15O3S. The van der Waals surface area contributed by atoms with Crippen molar-refractivity contribution < 1.29 is 13.6 Å². The molecule has 0 aliphatic heterocycles. The smallest absolute Gasteiger partial charge is 0.153 e. The standard InChI is InChI=1S/C7H10N2.3C6H9N3.3C6H9NO.C6H9NS.8C2H6/c1-6(2)7-3-8-5-9-4-7;1-5(2)6-8-3-7-4-9-6;1-5(2)6-3-8-9-4-7-6;1-5(2)6-7-3-4-8-9-6;1-5(2)6-3-7-8-4-6;1-5(2)6-3-4-8-7-6;2*1-5(2)6-3-4-7-8-6;8*1-2/h3-6H,1-2H3;3*3-5H,1-2H3;4*3-5H,1-2H3;8*1-2H3.